The van der Waals surface area contributed by atoms with E-state index in [1.54, 1.807) is 0 Å². The van der Waals surface area contributed by atoms with Crippen molar-refractivity contribution in [1.82, 2.24) is 0 Å². The summed E-state index contributed by atoms with van der Waals surface area (Å²) in [6, 6.07) is 0. The second-order valence-corrected chi connectivity index (χ2v) is 21.5. The summed E-state index contributed by atoms with van der Waals surface area (Å²) in [5.41, 5.74) is 8.23. The van der Waals surface area contributed by atoms with E-state index >= 15 is 0 Å². The molecule has 0 aliphatic heterocycles. The summed E-state index contributed by atoms with van der Waals surface area (Å²) in [6.45, 7) is 19.3. The zero-order valence-electron chi connectivity index (χ0n) is 13.7. The zero-order valence-corrected chi connectivity index (χ0v) is 16.7. The maximum Gasteiger partial charge on any atom is 0.128 e. The van der Waals surface area contributed by atoms with Crippen LogP contribution in [0, 0.1) is 35.9 Å². The summed E-state index contributed by atoms with van der Waals surface area (Å²) >= 11 is 0. The third-order valence-corrected chi connectivity index (χ3v) is 3.90. The minimum atomic E-state index is -1.10. The first-order valence-electron chi connectivity index (χ1n) is 6.12. The van der Waals surface area contributed by atoms with Gasteiger partial charge in [0, 0.05) is 0 Å². The maximum atomic E-state index is 5.12. The SMILES string of the molecule is C#C[Si](C)(C)C.C#C[Si](C)(C)C.C#C[Si](C)(C)C. The van der Waals surface area contributed by atoms with E-state index in [4.69, 9.17) is 19.3 Å². The summed E-state index contributed by atoms with van der Waals surface area (Å²) in [4.78, 5) is 0. The van der Waals surface area contributed by atoms with Gasteiger partial charge < -0.3 is 0 Å². The predicted molar refractivity (Wildman–Crippen MR) is 96.5 cm³/mol. The third kappa shape index (κ3) is 45.4. The van der Waals surface area contributed by atoms with Crippen LogP contribution in [0.15, 0.2) is 0 Å². The minimum absolute atomic E-state index is 1.10. The molecule has 0 aromatic rings. The van der Waals surface area contributed by atoms with E-state index < -0.39 is 24.2 Å². The highest BCUT2D eigenvalue weighted by Gasteiger charge is 2.06. The van der Waals surface area contributed by atoms with Crippen LogP contribution in [0.2, 0.25) is 58.9 Å². The molecule has 0 aliphatic carbocycles. The van der Waals surface area contributed by atoms with Gasteiger partial charge in [-0.05, 0) is 0 Å². The summed E-state index contributed by atoms with van der Waals surface area (Å²) in [5, 5.41) is 0. The Bertz CT molecular complexity index is 270. The Morgan fingerprint density at radius 1 is 0.444 bits per heavy atom. The van der Waals surface area contributed by atoms with Gasteiger partial charge in [-0.25, -0.2) is 0 Å². The molecule has 0 amide bonds. The molecular weight excluding hydrogens is 264 g/mol. The largest absolute Gasteiger partial charge is 0.135 e. The molecule has 3 heteroatoms. The topological polar surface area (TPSA) is 0 Å². The molecule has 0 N–H and O–H groups in total. The molecule has 0 nitrogen and oxygen atoms in total. The third-order valence-electron chi connectivity index (χ3n) is 1.30. The summed E-state index contributed by atoms with van der Waals surface area (Å²) in [7, 11) is -3.31. The van der Waals surface area contributed by atoms with E-state index in [0.717, 1.165) is 0 Å². The molecule has 18 heavy (non-hydrogen) atoms. The van der Waals surface area contributed by atoms with Crippen molar-refractivity contribution in [2.75, 3.05) is 0 Å². The lowest BCUT2D eigenvalue weighted by molar-refractivity contribution is 1.82. The van der Waals surface area contributed by atoms with E-state index in [2.05, 4.69) is 75.6 Å². The average Bonchev–Trinajstić information content (AvgIpc) is 2.16. The number of rotatable bonds is 0. The Morgan fingerprint density at radius 3 is 0.500 bits per heavy atom. The van der Waals surface area contributed by atoms with Crippen molar-refractivity contribution in [2.45, 2.75) is 58.9 Å². The van der Waals surface area contributed by atoms with Crippen LogP contribution < -0.4 is 0 Å². The van der Waals surface area contributed by atoms with Crippen LogP contribution in [0.25, 0.3) is 0 Å². The summed E-state index contributed by atoms with van der Waals surface area (Å²) in [5.74, 6) is 0. The van der Waals surface area contributed by atoms with E-state index in [9.17, 15) is 0 Å². The summed E-state index contributed by atoms with van der Waals surface area (Å²) in [6.07, 6.45) is 15.4. The molecule has 0 aliphatic rings. The van der Waals surface area contributed by atoms with Crippen molar-refractivity contribution in [3.05, 3.63) is 0 Å². The van der Waals surface area contributed by atoms with Crippen molar-refractivity contribution in [3.63, 3.8) is 0 Å². The quantitative estimate of drug-likeness (QED) is 0.456. The van der Waals surface area contributed by atoms with Crippen LogP contribution in [0.3, 0.4) is 0 Å². The molecule has 102 valence electrons. The fourth-order valence-corrected chi connectivity index (χ4v) is 0. The van der Waals surface area contributed by atoms with Gasteiger partial charge in [0.1, 0.15) is 24.2 Å². The van der Waals surface area contributed by atoms with E-state index in [0.29, 0.717) is 0 Å². The fourth-order valence-electron chi connectivity index (χ4n) is 0. The first-order valence-corrected chi connectivity index (χ1v) is 16.6. The van der Waals surface area contributed by atoms with Crippen LogP contribution in [-0.4, -0.2) is 24.2 Å². The van der Waals surface area contributed by atoms with E-state index in [1.807, 2.05) is 0 Å². The molecule has 0 atom stereocenters. The smallest absolute Gasteiger partial charge is 0.128 e. The average molecular weight is 295 g/mol. The van der Waals surface area contributed by atoms with Crippen molar-refractivity contribution >= 4 is 24.2 Å². The maximum absolute atomic E-state index is 5.12. The molecule has 0 bridgehead atoms. The van der Waals surface area contributed by atoms with Gasteiger partial charge in [0.15, 0.2) is 0 Å². The van der Waals surface area contributed by atoms with Gasteiger partial charge in [-0.1, -0.05) is 58.9 Å². The van der Waals surface area contributed by atoms with Gasteiger partial charge in [0.2, 0.25) is 0 Å². The van der Waals surface area contributed by atoms with Crippen molar-refractivity contribution in [2.24, 2.45) is 0 Å². The van der Waals surface area contributed by atoms with Crippen molar-refractivity contribution < 1.29 is 0 Å². The van der Waals surface area contributed by atoms with E-state index in [1.165, 1.54) is 0 Å². The highest BCUT2D eigenvalue weighted by Crippen LogP contribution is 1.95. The first kappa shape index (κ1) is 22.5. The molecule has 0 heterocycles. The van der Waals surface area contributed by atoms with Gasteiger partial charge in [-0.2, -0.15) is 0 Å². The van der Waals surface area contributed by atoms with Gasteiger partial charge in [0.25, 0.3) is 0 Å². The first-order chi connectivity index (χ1) is 7.68. The lowest BCUT2D eigenvalue weighted by atomic mass is 11.4. The summed E-state index contributed by atoms with van der Waals surface area (Å²) < 4.78 is 0. The highest BCUT2D eigenvalue weighted by molar-refractivity contribution is 6.84. The Hall–Kier alpha value is -0.669. The number of hydrogen-bond acceptors (Lipinski definition) is 0. The Balaban J connectivity index is -0.000000187. The molecule has 0 aromatic heterocycles. The molecule has 0 radical (unpaired) electrons. The Morgan fingerprint density at radius 2 is 0.500 bits per heavy atom. The minimum Gasteiger partial charge on any atom is -0.135 e. The number of terminal acetylenes is 3. The molecule has 0 spiro atoms. The van der Waals surface area contributed by atoms with Crippen LogP contribution in [0.4, 0.5) is 0 Å². The monoisotopic (exact) mass is 294 g/mol. The lowest BCUT2D eigenvalue weighted by Crippen LogP contribution is -2.15. The second-order valence-electron chi connectivity index (χ2n) is 7.18. The Kier molecular flexibility index (Phi) is 11.6. The van der Waals surface area contributed by atoms with Gasteiger partial charge in [-0.15, -0.1) is 35.9 Å². The Labute approximate surface area is 119 Å². The van der Waals surface area contributed by atoms with Gasteiger partial charge in [-0.3, -0.25) is 0 Å². The molecule has 0 fully saturated rings. The van der Waals surface area contributed by atoms with Gasteiger partial charge >= 0.3 is 0 Å². The normalized spacial score (nSPS) is 10.3. The lowest BCUT2D eigenvalue weighted by Gasteiger charge is -2.00. The molecule has 0 saturated heterocycles. The van der Waals surface area contributed by atoms with Crippen LogP contribution in [-0.2, 0) is 0 Å². The van der Waals surface area contributed by atoms with Crippen LogP contribution in [0.1, 0.15) is 0 Å². The molecular formula is C15H30Si3. The van der Waals surface area contributed by atoms with Gasteiger partial charge in [0.05, 0.1) is 0 Å². The second kappa shape index (κ2) is 9.29. The predicted octanol–water partition coefficient (Wildman–Crippen LogP) is 4.49. The fraction of sp³-hybridized carbons (Fsp3) is 0.600. The van der Waals surface area contributed by atoms with E-state index in [-0.39, 0.29) is 0 Å². The highest BCUT2D eigenvalue weighted by atomic mass is 28.3. The molecule has 0 unspecified atom stereocenters. The van der Waals surface area contributed by atoms with Crippen LogP contribution >= 0.6 is 0 Å². The van der Waals surface area contributed by atoms with Crippen LogP contribution in [0.5, 0.6) is 0 Å². The zero-order chi connectivity index (χ0) is 15.6. The molecule has 0 aromatic carbocycles. The standard InChI is InChI=1S/3C5H10Si/c3*1-5-6(2,3)4/h3*1H,2-4H3. The number of hydrogen-bond donors (Lipinski definition) is 0. The van der Waals surface area contributed by atoms with Crippen molar-refractivity contribution in [3.8, 4) is 35.9 Å². The molecule has 0 saturated carbocycles. The molecule has 0 rings (SSSR count). The van der Waals surface area contributed by atoms with Crippen molar-refractivity contribution in [1.29, 1.82) is 0 Å².